The Morgan fingerprint density at radius 1 is 1.55 bits per heavy atom. The summed E-state index contributed by atoms with van der Waals surface area (Å²) in [6.07, 6.45) is 3.16. The van der Waals surface area contributed by atoms with Gasteiger partial charge in [0.25, 0.3) is 5.69 Å². The first-order chi connectivity index (χ1) is 10.5. The number of anilines is 1. The second-order valence-electron chi connectivity index (χ2n) is 5.53. The summed E-state index contributed by atoms with van der Waals surface area (Å²) in [6.45, 7) is 1.62. The minimum Gasteiger partial charge on any atom is -0.371 e. The molecule has 1 atom stereocenters. The van der Waals surface area contributed by atoms with E-state index in [0.29, 0.717) is 12.3 Å². The smallest absolute Gasteiger partial charge is 0.287 e. The first-order valence-electron chi connectivity index (χ1n) is 7.23. The summed E-state index contributed by atoms with van der Waals surface area (Å²) in [6, 6.07) is 6.49. The predicted octanol–water partition coefficient (Wildman–Crippen LogP) is 1.95. The van der Waals surface area contributed by atoms with Crippen molar-refractivity contribution in [1.29, 1.82) is 5.26 Å². The number of amides is 1. The van der Waals surface area contributed by atoms with Crippen molar-refractivity contribution in [2.45, 2.75) is 25.7 Å². The van der Waals surface area contributed by atoms with E-state index in [4.69, 9.17) is 11.0 Å². The van der Waals surface area contributed by atoms with Crippen LogP contribution in [0, 0.1) is 27.4 Å². The molecule has 1 aliphatic rings. The molecule has 116 valence electrons. The third-order valence-corrected chi connectivity index (χ3v) is 3.98. The quantitative estimate of drug-likeness (QED) is 0.659. The first kappa shape index (κ1) is 15.8. The highest BCUT2D eigenvalue weighted by molar-refractivity contribution is 5.73. The summed E-state index contributed by atoms with van der Waals surface area (Å²) >= 11 is 0. The van der Waals surface area contributed by atoms with E-state index in [-0.39, 0.29) is 17.2 Å². The zero-order valence-corrected chi connectivity index (χ0v) is 12.2. The molecule has 0 bridgehead atoms. The second kappa shape index (κ2) is 6.89. The lowest BCUT2D eigenvalue weighted by atomic mass is 9.93. The lowest BCUT2D eigenvalue weighted by molar-refractivity contribution is -0.385. The fraction of sp³-hybridized carbons (Fsp3) is 0.467. The molecule has 7 heteroatoms. The van der Waals surface area contributed by atoms with Crippen molar-refractivity contribution in [3.63, 3.8) is 0 Å². The van der Waals surface area contributed by atoms with Crippen molar-refractivity contribution in [3.05, 3.63) is 33.9 Å². The number of primary amides is 1. The Morgan fingerprint density at radius 3 is 2.95 bits per heavy atom. The molecule has 22 heavy (non-hydrogen) atoms. The van der Waals surface area contributed by atoms with Crippen molar-refractivity contribution >= 4 is 17.3 Å². The molecule has 0 aliphatic carbocycles. The van der Waals surface area contributed by atoms with Crippen LogP contribution in [0.5, 0.6) is 0 Å². The number of nitrogens with zero attached hydrogens (tertiary/aromatic N) is 3. The van der Waals surface area contributed by atoms with Gasteiger partial charge in [-0.2, -0.15) is 5.26 Å². The maximum absolute atomic E-state index is 10.9. The number of benzene rings is 1. The van der Waals surface area contributed by atoms with E-state index >= 15 is 0 Å². The fourth-order valence-electron chi connectivity index (χ4n) is 2.85. The molecular weight excluding hydrogens is 284 g/mol. The van der Waals surface area contributed by atoms with Crippen molar-refractivity contribution < 1.29 is 9.72 Å². The lowest BCUT2D eigenvalue weighted by Crippen LogP contribution is -2.35. The minimum atomic E-state index is -0.547. The number of carbonyl (C=O) groups excluding carboxylic acids is 1. The zero-order chi connectivity index (χ0) is 16.1. The molecule has 1 aliphatic heterocycles. The monoisotopic (exact) mass is 302 g/mol. The van der Waals surface area contributed by atoms with Gasteiger partial charge in [0.1, 0.15) is 11.6 Å². The molecule has 0 radical (unpaired) electrons. The number of piperidine rings is 1. The van der Waals surface area contributed by atoms with Crippen LogP contribution in [-0.4, -0.2) is 23.9 Å². The highest BCUT2D eigenvalue weighted by Crippen LogP contribution is 2.29. The minimum absolute atomic E-state index is 0.0711. The van der Waals surface area contributed by atoms with Crippen molar-refractivity contribution in [1.82, 2.24) is 0 Å². The summed E-state index contributed by atoms with van der Waals surface area (Å²) in [4.78, 5) is 23.3. The van der Waals surface area contributed by atoms with E-state index in [2.05, 4.69) is 4.90 Å². The molecule has 1 heterocycles. The summed E-state index contributed by atoms with van der Waals surface area (Å²) in [7, 11) is 0. The maximum atomic E-state index is 10.9. The van der Waals surface area contributed by atoms with Gasteiger partial charge in [0.05, 0.1) is 4.92 Å². The fourth-order valence-corrected chi connectivity index (χ4v) is 2.85. The molecule has 1 aromatic rings. The van der Waals surface area contributed by atoms with Crippen LogP contribution in [0.4, 0.5) is 11.4 Å². The van der Waals surface area contributed by atoms with Gasteiger partial charge < -0.3 is 10.6 Å². The topological polar surface area (TPSA) is 113 Å². The van der Waals surface area contributed by atoms with E-state index in [9.17, 15) is 14.9 Å². The van der Waals surface area contributed by atoms with Gasteiger partial charge in [0.15, 0.2) is 0 Å². The van der Waals surface area contributed by atoms with Gasteiger partial charge in [0.2, 0.25) is 5.91 Å². The van der Waals surface area contributed by atoms with E-state index in [1.807, 2.05) is 6.07 Å². The molecular formula is C15H18N4O3. The van der Waals surface area contributed by atoms with E-state index in [0.717, 1.165) is 38.0 Å². The van der Waals surface area contributed by atoms with Crippen LogP contribution in [0.15, 0.2) is 18.2 Å². The standard InChI is InChI=1S/C15H18N4O3/c16-9-12-8-13(4-5-14(12)19(21)22)18-7-1-2-11(10-18)3-6-15(17)20/h4-5,8,11H,1-3,6-7,10H2,(H2,17,20). The molecule has 0 saturated carbocycles. The molecule has 0 aromatic heterocycles. The predicted molar refractivity (Wildman–Crippen MR) is 81.2 cm³/mol. The molecule has 1 unspecified atom stereocenters. The van der Waals surface area contributed by atoms with E-state index < -0.39 is 4.92 Å². The number of nitrogens with two attached hydrogens (primary N) is 1. The second-order valence-corrected chi connectivity index (χ2v) is 5.53. The normalized spacial score (nSPS) is 17.8. The Balaban J connectivity index is 2.12. The number of nitriles is 1. The largest absolute Gasteiger partial charge is 0.371 e. The zero-order valence-electron chi connectivity index (χ0n) is 12.2. The van der Waals surface area contributed by atoms with Gasteiger partial charge in [0, 0.05) is 31.3 Å². The van der Waals surface area contributed by atoms with Crippen LogP contribution in [-0.2, 0) is 4.79 Å². The maximum Gasteiger partial charge on any atom is 0.287 e. The highest BCUT2D eigenvalue weighted by Gasteiger charge is 2.22. The van der Waals surface area contributed by atoms with E-state index in [1.165, 1.54) is 6.07 Å². The number of hydrogen-bond donors (Lipinski definition) is 1. The van der Waals surface area contributed by atoms with Crippen molar-refractivity contribution in [2.24, 2.45) is 11.7 Å². The molecule has 0 spiro atoms. The van der Waals surface area contributed by atoms with Crippen LogP contribution in [0.3, 0.4) is 0 Å². The number of nitro benzene ring substituents is 1. The summed E-state index contributed by atoms with van der Waals surface area (Å²) in [5, 5.41) is 19.9. The van der Waals surface area contributed by atoms with Gasteiger partial charge >= 0.3 is 0 Å². The Bertz CT molecular complexity index is 624. The molecule has 1 amide bonds. The number of rotatable bonds is 5. The average molecular weight is 302 g/mol. The number of hydrogen-bond acceptors (Lipinski definition) is 5. The van der Waals surface area contributed by atoms with Crippen LogP contribution < -0.4 is 10.6 Å². The van der Waals surface area contributed by atoms with Crippen molar-refractivity contribution in [3.8, 4) is 6.07 Å². The lowest BCUT2D eigenvalue weighted by Gasteiger charge is -2.34. The van der Waals surface area contributed by atoms with Crippen LogP contribution in [0.25, 0.3) is 0 Å². The molecule has 7 nitrogen and oxygen atoms in total. The average Bonchev–Trinajstić information content (AvgIpc) is 2.52. The highest BCUT2D eigenvalue weighted by atomic mass is 16.6. The van der Waals surface area contributed by atoms with Gasteiger partial charge in [-0.05, 0) is 37.3 Å². The van der Waals surface area contributed by atoms with Gasteiger partial charge in [-0.15, -0.1) is 0 Å². The Labute approximate surface area is 128 Å². The van der Waals surface area contributed by atoms with Crippen molar-refractivity contribution in [2.75, 3.05) is 18.0 Å². The molecule has 1 aromatic carbocycles. The summed E-state index contributed by atoms with van der Waals surface area (Å²) < 4.78 is 0. The Kier molecular flexibility index (Phi) is 4.94. The van der Waals surface area contributed by atoms with Gasteiger partial charge in [-0.1, -0.05) is 0 Å². The number of carbonyl (C=O) groups is 1. The summed E-state index contributed by atoms with van der Waals surface area (Å²) in [5.74, 6) is 0.0844. The molecule has 2 rings (SSSR count). The van der Waals surface area contributed by atoms with Crippen LogP contribution >= 0.6 is 0 Å². The third kappa shape index (κ3) is 3.73. The summed E-state index contributed by atoms with van der Waals surface area (Å²) in [5.41, 5.74) is 5.90. The van der Waals surface area contributed by atoms with Gasteiger partial charge in [-0.25, -0.2) is 0 Å². The molecule has 1 fully saturated rings. The van der Waals surface area contributed by atoms with Crippen LogP contribution in [0.2, 0.25) is 0 Å². The first-order valence-corrected chi connectivity index (χ1v) is 7.23. The SMILES string of the molecule is N#Cc1cc(N2CCCC(CCC(N)=O)C2)ccc1[N+](=O)[O-]. The molecule has 2 N–H and O–H groups in total. The van der Waals surface area contributed by atoms with Crippen LogP contribution in [0.1, 0.15) is 31.2 Å². The van der Waals surface area contributed by atoms with Gasteiger partial charge in [-0.3, -0.25) is 14.9 Å². The van der Waals surface area contributed by atoms with E-state index in [1.54, 1.807) is 12.1 Å². The third-order valence-electron chi connectivity index (χ3n) is 3.98. The number of nitro groups is 1. The Morgan fingerprint density at radius 2 is 2.32 bits per heavy atom. The molecule has 1 saturated heterocycles. The Hall–Kier alpha value is -2.62.